The number of pyridine rings is 1. The van der Waals surface area contributed by atoms with Crippen LogP contribution in [0, 0.1) is 5.82 Å². The van der Waals surface area contributed by atoms with Crippen LogP contribution >= 0.6 is 0 Å². The Bertz CT molecular complexity index is 1180. The number of aliphatic hydroxyl groups excluding tert-OH is 1. The maximum atomic E-state index is 15.2. The molecule has 1 N–H and O–H groups in total. The summed E-state index contributed by atoms with van der Waals surface area (Å²) in [6.45, 7) is 4.60. The van der Waals surface area contributed by atoms with Crippen molar-refractivity contribution in [3.05, 3.63) is 89.0 Å². The second-order valence-electron chi connectivity index (χ2n) is 9.62. The molecule has 6 heteroatoms. The van der Waals surface area contributed by atoms with E-state index < -0.39 is 29.1 Å². The molecule has 0 bridgehead atoms. The number of aliphatic hydroxyl groups is 1. The number of halogens is 3. The fourth-order valence-electron chi connectivity index (χ4n) is 5.56. The highest BCUT2D eigenvalue weighted by molar-refractivity contribution is 5.70. The summed E-state index contributed by atoms with van der Waals surface area (Å²) in [4.78, 5) is 4.73. The second kappa shape index (κ2) is 7.96. The van der Waals surface area contributed by atoms with E-state index >= 15 is 8.78 Å². The van der Waals surface area contributed by atoms with Crippen molar-refractivity contribution >= 4 is 0 Å². The Kier molecular flexibility index (Phi) is 5.33. The number of alkyl halides is 2. The Morgan fingerprint density at radius 2 is 1.91 bits per heavy atom. The van der Waals surface area contributed by atoms with E-state index in [0.717, 1.165) is 45.5 Å². The Morgan fingerprint density at radius 1 is 1.12 bits per heavy atom. The summed E-state index contributed by atoms with van der Waals surface area (Å²) in [5, 5.41) is 10.9. The zero-order valence-electron chi connectivity index (χ0n) is 18.7. The van der Waals surface area contributed by atoms with Gasteiger partial charge in [-0.3, -0.25) is 4.98 Å². The molecule has 3 nitrogen and oxygen atoms in total. The largest absolute Gasteiger partial charge is 0.388 e. The second-order valence-corrected chi connectivity index (χ2v) is 9.62. The number of likely N-dealkylation sites (tertiary alicyclic amines) is 1. The van der Waals surface area contributed by atoms with Crippen LogP contribution in [-0.4, -0.2) is 28.1 Å². The van der Waals surface area contributed by atoms with E-state index in [-0.39, 0.29) is 13.1 Å². The quantitative estimate of drug-likeness (QED) is 0.483. The van der Waals surface area contributed by atoms with E-state index in [1.807, 2.05) is 30.3 Å². The first-order valence-electron chi connectivity index (χ1n) is 11.4. The lowest BCUT2D eigenvalue weighted by atomic mass is 9.80. The molecular weight excluding hydrogens is 425 g/mol. The molecule has 2 heterocycles. The molecule has 2 aliphatic rings. The van der Waals surface area contributed by atoms with E-state index in [9.17, 15) is 9.50 Å². The molecule has 172 valence electrons. The van der Waals surface area contributed by atoms with E-state index in [1.54, 1.807) is 0 Å². The average Bonchev–Trinajstić information content (AvgIpc) is 3.35. The normalized spacial score (nSPS) is 22.9. The predicted molar refractivity (Wildman–Crippen MR) is 122 cm³/mol. The zero-order valence-corrected chi connectivity index (χ0v) is 18.7. The summed E-state index contributed by atoms with van der Waals surface area (Å²) in [6, 6.07) is 13.1. The van der Waals surface area contributed by atoms with Gasteiger partial charge in [-0.15, -0.1) is 0 Å². The summed E-state index contributed by atoms with van der Waals surface area (Å²) in [7, 11) is 0. The number of rotatable bonds is 4. The molecule has 1 spiro atoms. The van der Waals surface area contributed by atoms with Crippen molar-refractivity contribution in [2.45, 2.75) is 50.2 Å². The van der Waals surface area contributed by atoms with Gasteiger partial charge in [0.25, 0.3) is 0 Å². The fourth-order valence-corrected chi connectivity index (χ4v) is 5.56. The summed E-state index contributed by atoms with van der Waals surface area (Å²) >= 11 is 0. The van der Waals surface area contributed by atoms with Crippen molar-refractivity contribution in [1.82, 2.24) is 9.88 Å². The smallest absolute Gasteiger partial charge is 0.348 e. The van der Waals surface area contributed by atoms with Crippen molar-refractivity contribution in [2.24, 2.45) is 0 Å². The highest BCUT2D eigenvalue weighted by Crippen LogP contribution is 2.53. The molecule has 0 amide bonds. The van der Waals surface area contributed by atoms with Crippen LogP contribution in [0.2, 0.25) is 0 Å². The van der Waals surface area contributed by atoms with Crippen LogP contribution in [0.4, 0.5) is 13.2 Å². The molecule has 1 fully saturated rings. The van der Waals surface area contributed by atoms with Crippen LogP contribution in [0.3, 0.4) is 0 Å². The van der Waals surface area contributed by atoms with Gasteiger partial charge in [-0.05, 0) is 64.8 Å². The van der Waals surface area contributed by atoms with E-state index in [4.69, 9.17) is 0 Å². The third-order valence-electron chi connectivity index (χ3n) is 7.25. The van der Waals surface area contributed by atoms with Crippen molar-refractivity contribution in [1.29, 1.82) is 0 Å². The Hall–Kier alpha value is -2.70. The molecule has 0 saturated carbocycles. The standard InChI is InChI=1S/C27H27F3N2O/c1-17(2)20-5-3-4-6-21(20)18-7-9-23-22(13-18)24(33)14-26(23)11-12-32(16-26)27(29,30)25-10-8-19(28)15-31-25/h3-10,13,15,17,24,33H,11-12,14,16H2,1-2H3. The lowest BCUT2D eigenvalue weighted by molar-refractivity contribution is -0.150. The molecule has 3 aromatic rings. The van der Waals surface area contributed by atoms with E-state index in [1.165, 1.54) is 5.56 Å². The molecule has 0 radical (unpaired) electrons. The topological polar surface area (TPSA) is 36.4 Å². The van der Waals surface area contributed by atoms with Gasteiger partial charge in [-0.25, -0.2) is 9.29 Å². The van der Waals surface area contributed by atoms with Gasteiger partial charge in [0.15, 0.2) is 0 Å². The van der Waals surface area contributed by atoms with Gasteiger partial charge in [0.05, 0.1) is 12.3 Å². The highest BCUT2D eigenvalue weighted by atomic mass is 19.3. The average molecular weight is 453 g/mol. The maximum Gasteiger partial charge on any atom is 0.348 e. The van der Waals surface area contributed by atoms with Gasteiger partial charge in [-0.1, -0.05) is 50.2 Å². The van der Waals surface area contributed by atoms with E-state index in [0.29, 0.717) is 18.8 Å². The minimum absolute atomic E-state index is 0.116. The molecule has 2 aromatic carbocycles. The molecule has 1 aromatic heterocycles. The number of benzene rings is 2. The minimum Gasteiger partial charge on any atom is -0.388 e. The molecule has 1 aliphatic carbocycles. The first-order valence-corrected chi connectivity index (χ1v) is 11.4. The van der Waals surface area contributed by atoms with Crippen LogP contribution in [0.15, 0.2) is 60.8 Å². The van der Waals surface area contributed by atoms with Gasteiger partial charge in [0.2, 0.25) is 0 Å². The number of hydrogen-bond acceptors (Lipinski definition) is 3. The Balaban J connectivity index is 1.47. The van der Waals surface area contributed by atoms with Crippen LogP contribution in [-0.2, 0) is 11.5 Å². The van der Waals surface area contributed by atoms with Gasteiger partial charge >= 0.3 is 6.05 Å². The van der Waals surface area contributed by atoms with Crippen molar-refractivity contribution in [2.75, 3.05) is 13.1 Å². The fraction of sp³-hybridized carbons (Fsp3) is 0.370. The van der Waals surface area contributed by atoms with Crippen LogP contribution < -0.4 is 0 Å². The minimum atomic E-state index is -3.30. The molecule has 33 heavy (non-hydrogen) atoms. The number of hydrogen-bond donors (Lipinski definition) is 1. The third-order valence-corrected chi connectivity index (χ3v) is 7.25. The molecule has 2 atom stereocenters. The first-order chi connectivity index (χ1) is 15.7. The predicted octanol–water partition coefficient (Wildman–Crippen LogP) is 6.14. The summed E-state index contributed by atoms with van der Waals surface area (Å²) in [5.41, 5.74) is 4.19. The first kappa shape index (κ1) is 22.1. The van der Waals surface area contributed by atoms with Gasteiger partial charge in [0, 0.05) is 18.5 Å². The highest BCUT2D eigenvalue weighted by Gasteiger charge is 2.53. The molecule has 1 saturated heterocycles. The van der Waals surface area contributed by atoms with E-state index in [2.05, 4.69) is 31.0 Å². The summed E-state index contributed by atoms with van der Waals surface area (Å²) < 4.78 is 43.5. The number of nitrogens with zero attached hydrogens (tertiary/aromatic N) is 2. The van der Waals surface area contributed by atoms with Crippen LogP contribution in [0.1, 0.15) is 61.1 Å². The van der Waals surface area contributed by atoms with Gasteiger partial charge < -0.3 is 5.11 Å². The maximum absolute atomic E-state index is 15.2. The molecule has 2 unspecified atom stereocenters. The lowest BCUT2D eigenvalue weighted by Crippen LogP contribution is -2.40. The van der Waals surface area contributed by atoms with Crippen LogP contribution in [0.25, 0.3) is 11.1 Å². The van der Waals surface area contributed by atoms with Gasteiger partial charge in [0.1, 0.15) is 11.5 Å². The Labute approximate surface area is 191 Å². The number of aromatic nitrogens is 1. The van der Waals surface area contributed by atoms with Crippen molar-refractivity contribution in [3.63, 3.8) is 0 Å². The molecule has 5 rings (SSSR count). The van der Waals surface area contributed by atoms with Gasteiger partial charge in [-0.2, -0.15) is 8.78 Å². The summed E-state index contributed by atoms with van der Waals surface area (Å²) in [6.07, 6.45) is 1.07. The lowest BCUT2D eigenvalue weighted by Gasteiger charge is -2.30. The summed E-state index contributed by atoms with van der Waals surface area (Å²) in [5.74, 6) is -0.286. The SMILES string of the molecule is CC(C)c1ccccc1-c1ccc2c(c1)C(O)CC21CCN(C(F)(F)c2ccc(F)cn2)C1. The monoisotopic (exact) mass is 452 g/mol. The Morgan fingerprint density at radius 3 is 2.64 bits per heavy atom. The van der Waals surface area contributed by atoms with Crippen molar-refractivity contribution < 1.29 is 18.3 Å². The third kappa shape index (κ3) is 3.65. The van der Waals surface area contributed by atoms with Crippen LogP contribution in [0.5, 0.6) is 0 Å². The molecular formula is C27H27F3N2O. The zero-order chi connectivity index (χ0) is 23.4. The number of fused-ring (bicyclic) bond motifs is 2. The van der Waals surface area contributed by atoms with Crippen molar-refractivity contribution in [3.8, 4) is 11.1 Å². The molecule has 1 aliphatic heterocycles.